The Hall–Kier alpha value is -2.73. The number of halogens is 1. The van der Waals surface area contributed by atoms with Crippen LogP contribution in [0.4, 0.5) is 4.39 Å². The molecule has 2 unspecified atom stereocenters. The molecular formula is C19H17FN2O3. The van der Waals surface area contributed by atoms with Crippen LogP contribution in [0.5, 0.6) is 0 Å². The lowest BCUT2D eigenvalue weighted by Crippen LogP contribution is -2.31. The van der Waals surface area contributed by atoms with Crippen LogP contribution in [0.15, 0.2) is 46.9 Å². The second-order valence-electron chi connectivity index (χ2n) is 6.36. The third-order valence-corrected chi connectivity index (χ3v) is 4.52. The van der Waals surface area contributed by atoms with E-state index in [4.69, 9.17) is 4.42 Å². The van der Waals surface area contributed by atoms with Crippen molar-refractivity contribution < 1.29 is 18.7 Å². The molecule has 1 aliphatic rings. The molecule has 0 bridgehead atoms. The number of pyridine rings is 1. The van der Waals surface area contributed by atoms with Gasteiger partial charge in [0.05, 0.1) is 12.1 Å². The number of hydrogen-bond donors (Lipinski definition) is 1. The number of carbonyl (C=O) groups excluding carboxylic acids is 1. The van der Waals surface area contributed by atoms with E-state index >= 15 is 0 Å². The lowest BCUT2D eigenvalue weighted by atomic mass is 10.0. The average Bonchev–Trinajstić information content (AvgIpc) is 3.18. The molecule has 5 nitrogen and oxygen atoms in total. The predicted octanol–water partition coefficient (Wildman–Crippen LogP) is 3.22. The Morgan fingerprint density at radius 3 is 2.80 bits per heavy atom. The van der Waals surface area contributed by atoms with Crippen LogP contribution in [-0.4, -0.2) is 33.5 Å². The van der Waals surface area contributed by atoms with Crippen LogP contribution < -0.4 is 0 Å². The number of furan rings is 1. The smallest absolute Gasteiger partial charge is 0.290 e. The van der Waals surface area contributed by atoms with Crippen molar-refractivity contribution in [2.24, 2.45) is 0 Å². The van der Waals surface area contributed by atoms with Crippen molar-refractivity contribution in [1.82, 2.24) is 9.88 Å². The Kier molecular flexibility index (Phi) is 3.77. The molecule has 1 N–H and O–H groups in total. The molecule has 0 radical (unpaired) electrons. The molecule has 1 saturated heterocycles. The van der Waals surface area contributed by atoms with Crippen molar-refractivity contribution in [3.63, 3.8) is 0 Å². The van der Waals surface area contributed by atoms with Gasteiger partial charge in [0, 0.05) is 18.3 Å². The van der Waals surface area contributed by atoms with E-state index in [1.807, 2.05) is 13.0 Å². The number of aryl methyl sites for hydroxylation is 1. The largest absolute Gasteiger partial charge is 0.449 e. The summed E-state index contributed by atoms with van der Waals surface area (Å²) in [6, 6.07) is 10.9. The number of hydrogen-bond acceptors (Lipinski definition) is 4. The number of amides is 1. The molecule has 1 fully saturated rings. The Balaban J connectivity index is 1.67. The van der Waals surface area contributed by atoms with Gasteiger partial charge in [-0.15, -0.1) is 0 Å². The van der Waals surface area contributed by atoms with Crippen molar-refractivity contribution in [2.75, 3.05) is 6.54 Å². The number of aromatic nitrogens is 1. The van der Waals surface area contributed by atoms with Gasteiger partial charge in [-0.3, -0.25) is 4.79 Å². The normalized spacial score (nSPS) is 20.4. The van der Waals surface area contributed by atoms with Gasteiger partial charge in [-0.1, -0.05) is 12.1 Å². The van der Waals surface area contributed by atoms with E-state index in [-0.39, 0.29) is 30.1 Å². The second-order valence-corrected chi connectivity index (χ2v) is 6.36. The maximum absolute atomic E-state index is 13.2. The van der Waals surface area contributed by atoms with E-state index in [2.05, 4.69) is 4.98 Å². The van der Waals surface area contributed by atoms with E-state index < -0.39 is 6.10 Å². The van der Waals surface area contributed by atoms with Crippen molar-refractivity contribution in [2.45, 2.75) is 25.5 Å². The molecule has 0 aliphatic carbocycles. The average molecular weight is 340 g/mol. The first-order chi connectivity index (χ1) is 12.0. The van der Waals surface area contributed by atoms with Crippen LogP contribution in [0.25, 0.3) is 11.1 Å². The number of nitrogens with zero attached hydrogens (tertiary/aromatic N) is 2. The first-order valence-corrected chi connectivity index (χ1v) is 8.13. The van der Waals surface area contributed by atoms with Crippen molar-refractivity contribution in [3.8, 4) is 0 Å². The minimum Gasteiger partial charge on any atom is -0.449 e. The summed E-state index contributed by atoms with van der Waals surface area (Å²) in [7, 11) is 0. The van der Waals surface area contributed by atoms with Gasteiger partial charge in [-0.05, 0) is 43.2 Å². The summed E-state index contributed by atoms with van der Waals surface area (Å²) in [5.74, 6) is -0.449. The standard InChI is InChI=1S/C19H17FN2O3/c1-11-2-7-17-15(21-11)9-18(25-17)19(24)22-10-14(23)8-16(22)12-3-5-13(20)6-4-12/h2-7,9,14,16,23H,8,10H2,1H3. The molecule has 128 valence electrons. The molecule has 1 aliphatic heterocycles. The quantitative estimate of drug-likeness (QED) is 0.778. The molecule has 3 heterocycles. The summed E-state index contributed by atoms with van der Waals surface area (Å²) >= 11 is 0. The second kappa shape index (κ2) is 5.97. The van der Waals surface area contributed by atoms with Crippen molar-refractivity contribution in [3.05, 3.63) is 65.3 Å². The molecule has 6 heteroatoms. The van der Waals surface area contributed by atoms with E-state index in [0.717, 1.165) is 11.3 Å². The Morgan fingerprint density at radius 2 is 2.04 bits per heavy atom. The molecule has 3 aromatic rings. The van der Waals surface area contributed by atoms with Crippen LogP contribution in [0.2, 0.25) is 0 Å². The third-order valence-electron chi connectivity index (χ3n) is 4.52. The van der Waals surface area contributed by atoms with Gasteiger partial charge in [-0.25, -0.2) is 9.37 Å². The van der Waals surface area contributed by atoms with Crippen molar-refractivity contribution in [1.29, 1.82) is 0 Å². The maximum Gasteiger partial charge on any atom is 0.290 e. The summed E-state index contributed by atoms with van der Waals surface area (Å²) in [5, 5.41) is 10.0. The molecule has 4 rings (SSSR count). The highest BCUT2D eigenvalue weighted by Gasteiger charge is 2.37. The van der Waals surface area contributed by atoms with Crippen molar-refractivity contribution >= 4 is 17.0 Å². The first kappa shape index (κ1) is 15.8. The number of β-amino-alcohol motifs (C(OH)–C–C–N with tert-alkyl or cyclic N) is 1. The summed E-state index contributed by atoms with van der Waals surface area (Å²) < 4.78 is 18.8. The van der Waals surface area contributed by atoms with Gasteiger partial charge in [0.15, 0.2) is 11.3 Å². The van der Waals surface area contributed by atoms with Crippen LogP contribution >= 0.6 is 0 Å². The number of likely N-dealkylation sites (tertiary alicyclic amines) is 1. The number of benzene rings is 1. The zero-order chi connectivity index (χ0) is 17.6. The highest BCUT2D eigenvalue weighted by molar-refractivity contribution is 5.95. The lowest BCUT2D eigenvalue weighted by Gasteiger charge is -2.23. The van der Waals surface area contributed by atoms with E-state index in [1.165, 1.54) is 12.1 Å². The van der Waals surface area contributed by atoms with Gasteiger partial charge in [-0.2, -0.15) is 0 Å². The van der Waals surface area contributed by atoms with E-state index in [1.54, 1.807) is 29.2 Å². The topological polar surface area (TPSA) is 66.6 Å². The highest BCUT2D eigenvalue weighted by Crippen LogP contribution is 2.34. The number of aliphatic hydroxyl groups excluding tert-OH is 1. The van der Waals surface area contributed by atoms with Gasteiger partial charge < -0.3 is 14.4 Å². The summed E-state index contributed by atoms with van der Waals surface area (Å²) in [5.41, 5.74) is 2.80. The fraction of sp³-hybridized carbons (Fsp3) is 0.263. The predicted molar refractivity (Wildman–Crippen MR) is 89.5 cm³/mol. The van der Waals surface area contributed by atoms with Gasteiger partial charge in [0.25, 0.3) is 5.91 Å². The summed E-state index contributed by atoms with van der Waals surface area (Å²) in [4.78, 5) is 18.8. The third kappa shape index (κ3) is 2.89. The van der Waals surface area contributed by atoms with Crippen LogP contribution in [0.3, 0.4) is 0 Å². The molecule has 0 saturated carbocycles. The molecule has 1 amide bonds. The zero-order valence-corrected chi connectivity index (χ0v) is 13.6. The Labute approximate surface area is 143 Å². The number of aliphatic hydroxyl groups is 1. The zero-order valence-electron chi connectivity index (χ0n) is 13.6. The fourth-order valence-electron chi connectivity index (χ4n) is 3.31. The molecule has 25 heavy (non-hydrogen) atoms. The molecule has 1 aromatic carbocycles. The summed E-state index contributed by atoms with van der Waals surface area (Å²) in [6.07, 6.45) is -0.210. The molecule has 0 spiro atoms. The summed E-state index contributed by atoms with van der Waals surface area (Å²) in [6.45, 7) is 2.08. The van der Waals surface area contributed by atoms with Crippen LogP contribution in [-0.2, 0) is 0 Å². The SMILES string of the molecule is Cc1ccc2oc(C(=O)N3CC(O)CC3c3ccc(F)cc3)cc2n1. The number of fused-ring (bicyclic) bond motifs is 1. The molecule has 2 atom stereocenters. The minimum atomic E-state index is -0.622. The monoisotopic (exact) mass is 340 g/mol. The van der Waals surface area contributed by atoms with E-state index in [9.17, 15) is 14.3 Å². The molecule has 2 aromatic heterocycles. The van der Waals surface area contributed by atoms with Crippen LogP contribution in [0.1, 0.15) is 34.3 Å². The van der Waals surface area contributed by atoms with E-state index in [0.29, 0.717) is 17.5 Å². The first-order valence-electron chi connectivity index (χ1n) is 8.13. The number of rotatable bonds is 2. The number of carbonyl (C=O) groups is 1. The van der Waals surface area contributed by atoms with Gasteiger partial charge in [0.2, 0.25) is 0 Å². The lowest BCUT2D eigenvalue weighted by molar-refractivity contribution is 0.0686. The maximum atomic E-state index is 13.2. The molecular weight excluding hydrogens is 323 g/mol. The van der Waals surface area contributed by atoms with Gasteiger partial charge >= 0.3 is 0 Å². The minimum absolute atomic E-state index is 0.189. The van der Waals surface area contributed by atoms with Gasteiger partial charge in [0.1, 0.15) is 11.3 Å². The fourth-order valence-corrected chi connectivity index (χ4v) is 3.31. The Bertz CT molecular complexity index is 935. The highest BCUT2D eigenvalue weighted by atomic mass is 19.1. The Morgan fingerprint density at radius 1 is 1.28 bits per heavy atom. The van der Waals surface area contributed by atoms with Crippen LogP contribution in [0, 0.1) is 12.7 Å².